The lowest BCUT2D eigenvalue weighted by molar-refractivity contribution is -0.300. The lowest BCUT2D eigenvalue weighted by atomic mass is 9.58. The van der Waals surface area contributed by atoms with Gasteiger partial charge in [0.1, 0.15) is 5.41 Å². The maximum atomic E-state index is 12.6. The molecule has 0 aliphatic carbocycles. The minimum absolute atomic E-state index is 0.0413. The fraction of sp³-hybridized carbons (Fsp3) is 0.600. The number of amides is 1. The molecule has 320 valence electrons. The summed E-state index contributed by atoms with van der Waals surface area (Å²) in [7, 11) is 3.42. The van der Waals surface area contributed by atoms with Crippen LogP contribution in [0.5, 0.6) is 0 Å². The van der Waals surface area contributed by atoms with Crippen molar-refractivity contribution >= 4 is 14.7 Å². The molecule has 3 rings (SSSR count). The summed E-state index contributed by atoms with van der Waals surface area (Å²) >= 11 is 0. The van der Waals surface area contributed by atoms with Crippen LogP contribution in [0.3, 0.4) is 0 Å². The molecule has 2 atom stereocenters. The van der Waals surface area contributed by atoms with E-state index in [4.69, 9.17) is 14.0 Å². The molecule has 2 unspecified atom stereocenters. The molecule has 1 amide bonds. The molecule has 0 heterocycles. The average molecular weight is 814 g/mol. The van der Waals surface area contributed by atoms with Crippen LogP contribution in [0.25, 0.3) is 0 Å². The SMILES string of the molecule is CCCCCCCCCCCCCCCC(=O)NCCCPOCC(C#N)(N(C(C)C)C(C)C)C(OC)(OC)C(c1ccccc1)(c1ccccc1)c1ccccc1. The van der Waals surface area contributed by atoms with Gasteiger partial charge < -0.3 is 19.3 Å². The molecular formula is C50H76N3O4P. The molecule has 0 spiro atoms. The minimum Gasteiger partial charge on any atom is -0.359 e. The van der Waals surface area contributed by atoms with Crippen LogP contribution in [0.4, 0.5) is 0 Å². The molecule has 58 heavy (non-hydrogen) atoms. The lowest BCUT2D eigenvalue weighted by Crippen LogP contribution is -2.77. The maximum Gasteiger partial charge on any atom is 0.220 e. The average Bonchev–Trinajstić information content (AvgIpc) is 3.24. The highest BCUT2D eigenvalue weighted by atomic mass is 31.1. The second-order valence-electron chi connectivity index (χ2n) is 16.3. The van der Waals surface area contributed by atoms with E-state index in [1.54, 1.807) is 14.2 Å². The molecule has 0 aromatic heterocycles. The van der Waals surface area contributed by atoms with Crippen LogP contribution in [0.2, 0.25) is 0 Å². The highest BCUT2D eigenvalue weighted by Gasteiger charge is 2.70. The van der Waals surface area contributed by atoms with Gasteiger partial charge in [-0.05, 0) is 63.4 Å². The van der Waals surface area contributed by atoms with Gasteiger partial charge in [-0.25, -0.2) is 0 Å². The zero-order chi connectivity index (χ0) is 42.1. The maximum absolute atomic E-state index is 12.6. The zero-order valence-corrected chi connectivity index (χ0v) is 38.1. The van der Waals surface area contributed by atoms with E-state index in [-0.39, 0.29) is 33.4 Å². The highest BCUT2D eigenvalue weighted by Crippen LogP contribution is 2.56. The van der Waals surface area contributed by atoms with Crippen LogP contribution < -0.4 is 5.32 Å². The molecule has 0 aliphatic heterocycles. The second-order valence-corrected chi connectivity index (χ2v) is 17.4. The Hall–Kier alpha value is -3.11. The third kappa shape index (κ3) is 12.7. The Labute approximate surface area is 354 Å². The number of ether oxygens (including phenoxy) is 2. The van der Waals surface area contributed by atoms with Crippen molar-refractivity contribution in [2.45, 2.75) is 160 Å². The van der Waals surface area contributed by atoms with Crippen molar-refractivity contribution in [3.05, 3.63) is 108 Å². The number of nitriles is 1. The van der Waals surface area contributed by atoms with Crippen molar-refractivity contribution < 1.29 is 18.8 Å². The summed E-state index contributed by atoms with van der Waals surface area (Å²) < 4.78 is 20.3. The number of carbonyl (C=O) groups is 1. The van der Waals surface area contributed by atoms with Crippen LogP contribution in [0.15, 0.2) is 91.0 Å². The van der Waals surface area contributed by atoms with Crippen molar-refractivity contribution in [3.8, 4) is 6.07 Å². The third-order valence-corrected chi connectivity index (χ3v) is 12.5. The summed E-state index contributed by atoms with van der Waals surface area (Å²) in [5.41, 5.74) is 0.220. The first-order chi connectivity index (χ1) is 28.2. The molecular weight excluding hydrogens is 738 g/mol. The predicted octanol–water partition coefficient (Wildman–Crippen LogP) is 12.0. The van der Waals surface area contributed by atoms with Gasteiger partial charge >= 0.3 is 0 Å². The quantitative estimate of drug-likeness (QED) is 0.0301. The number of hydrogen-bond donors (Lipinski definition) is 1. The Morgan fingerprint density at radius 3 is 1.47 bits per heavy atom. The summed E-state index contributed by atoms with van der Waals surface area (Å²) in [6, 6.07) is 33.4. The number of rotatable bonds is 31. The second kappa shape index (κ2) is 26.9. The van der Waals surface area contributed by atoms with E-state index in [1.807, 2.05) is 54.6 Å². The van der Waals surface area contributed by atoms with Crippen molar-refractivity contribution in [2.75, 3.05) is 33.5 Å². The van der Waals surface area contributed by atoms with Gasteiger partial charge in [0, 0.05) is 48.1 Å². The Balaban J connectivity index is 1.72. The van der Waals surface area contributed by atoms with E-state index in [9.17, 15) is 10.1 Å². The van der Waals surface area contributed by atoms with Gasteiger partial charge in [-0.2, -0.15) is 5.26 Å². The fourth-order valence-electron chi connectivity index (χ4n) is 9.16. The van der Waals surface area contributed by atoms with Crippen LogP contribution in [-0.2, 0) is 24.2 Å². The molecule has 3 aromatic carbocycles. The first-order valence-electron chi connectivity index (χ1n) is 22.3. The Bertz CT molecular complexity index is 1460. The van der Waals surface area contributed by atoms with Crippen molar-refractivity contribution in [1.82, 2.24) is 10.2 Å². The predicted molar refractivity (Wildman–Crippen MR) is 243 cm³/mol. The fourth-order valence-corrected chi connectivity index (χ4v) is 9.94. The Kier molecular flexibility index (Phi) is 22.8. The van der Waals surface area contributed by atoms with E-state index in [1.165, 1.54) is 70.6 Å². The summed E-state index contributed by atoms with van der Waals surface area (Å²) in [4.78, 5) is 14.8. The van der Waals surface area contributed by atoms with Crippen molar-refractivity contribution in [2.24, 2.45) is 0 Å². The van der Waals surface area contributed by atoms with E-state index < -0.39 is 16.7 Å². The van der Waals surface area contributed by atoms with Gasteiger partial charge in [-0.3, -0.25) is 9.69 Å². The number of carbonyl (C=O) groups excluding carboxylic acids is 1. The summed E-state index contributed by atoms with van der Waals surface area (Å²) in [6.45, 7) is 11.4. The smallest absolute Gasteiger partial charge is 0.220 e. The summed E-state index contributed by atoms with van der Waals surface area (Å²) in [5.74, 6) is -1.50. The molecule has 0 saturated carbocycles. The number of hydrogen-bond acceptors (Lipinski definition) is 6. The molecule has 0 saturated heterocycles. The van der Waals surface area contributed by atoms with E-state index >= 15 is 0 Å². The minimum atomic E-state index is -1.63. The molecule has 0 bridgehead atoms. The van der Waals surface area contributed by atoms with Crippen LogP contribution in [0.1, 0.15) is 148 Å². The van der Waals surface area contributed by atoms with Gasteiger partial charge in [0.25, 0.3) is 0 Å². The standard InChI is InChI=1S/C50H76N3O4P/c1-8-9-10-11-12-13-14-15-16-17-18-19-29-37-47(54)52-38-30-39-58-57-41-48(40-51,53(42(2)3)43(4)5)50(55-6,56-7)49(44-31-23-20-24-32-44,45-33-25-21-26-34-45)46-35-27-22-28-36-46/h20-28,31-36,42-43,58H,8-19,29-30,37-39,41H2,1-7H3,(H,52,54). The first kappa shape index (κ1) is 49.3. The van der Waals surface area contributed by atoms with Gasteiger partial charge in [-0.1, -0.05) is 175 Å². The molecule has 0 aliphatic rings. The molecule has 3 aromatic rings. The van der Waals surface area contributed by atoms with Crippen LogP contribution >= 0.6 is 8.81 Å². The zero-order valence-electron chi connectivity index (χ0n) is 37.1. The summed E-state index contributed by atoms with van der Waals surface area (Å²) in [6.07, 6.45) is 19.0. The van der Waals surface area contributed by atoms with Gasteiger partial charge in [0.2, 0.25) is 11.7 Å². The number of nitrogens with one attached hydrogen (secondary N) is 1. The van der Waals surface area contributed by atoms with E-state index in [0.29, 0.717) is 13.0 Å². The summed E-state index contributed by atoms with van der Waals surface area (Å²) in [5, 5.41) is 14.9. The monoisotopic (exact) mass is 814 g/mol. The Morgan fingerprint density at radius 1 is 0.672 bits per heavy atom. The highest BCUT2D eigenvalue weighted by molar-refractivity contribution is 7.32. The van der Waals surface area contributed by atoms with Gasteiger partial charge in [-0.15, -0.1) is 0 Å². The topological polar surface area (TPSA) is 83.8 Å². The van der Waals surface area contributed by atoms with Crippen LogP contribution in [0, 0.1) is 11.3 Å². The number of nitrogens with zero attached hydrogens (tertiary/aromatic N) is 2. The van der Waals surface area contributed by atoms with Crippen molar-refractivity contribution in [1.29, 1.82) is 5.26 Å². The van der Waals surface area contributed by atoms with Crippen molar-refractivity contribution in [3.63, 3.8) is 0 Å². The molecule has 0 radical (unpaired) electrons. The number of benzene rings is 3. The number of methoxy groups -OCH3 is 2. The van der Waals surface area contributed by atoms with Gasteiger partial charge in [0.05, 0.1) is 12.7 Å². The third-order valence-electron chi connectivity index (χ3n) is 11.6. The molecule has 7 nitrogen and oxygen atoms in total. The van der Waals surface area contributed by atoms with Crippen LogP contribution in [-0.4, -0.2) is 67.7 Å². The Morgan fingerprint density at radius 2 is 1.09 bits per heavy atom. The van der Waals surface area contributed by atoms with E-state index in [2.05, 4.69) is 87.3 Å². The van der Waals surface area contributed by atoms with E-state index in [0.717, 1.165) is 42.1 Å². The molecule has 8 heteroatoms. The molecule has 1 N–H and O–H groups in total. The van der Waals surface area contributed by atoms with Gasteiger partial charge in [0.15, 0.2) is 5.54 Å². The lowest BCUT2D eigenvalue weighted by Gasteiger charge is -2.60. The number of unbranched alkanes of at least 4 members (excludes halogenated alkanes) is 12. The normalized spacial score (nSPS) is 13.4. The first-order valence-corrected chi connectivity index (χ1v) is 23.4. The largest absolute Gasteiger partial charge is 0.359 e. The molecule has 0 fully saturated rings.